The van der Waals surface area contributed by atoms with Gasteiger partial charge in [0.25, 0.3) is 0 Å². The zero-order chi connectivity index (χ0) is 13.3. The summed E-state index contributed by atoms with van der Waals surface area (Å²) in [6.07, 6.45) is 0. The minimum absolute atomic E-state index is 0.0244. The molecule has 1 unspecified atom stereocenters. The van der Waals surface area contributed by atoms with E-state index in [1.165, 1.54) is 0 Å². The van der Waals surface area contributed by atoms with Crippen molar-refractivity contribution < 1.29 is 4.74 Å². The van der Waals surface area contributed by atoms with Gasteiger partial charge < -0.3 is 10.5 Å². The first kappa shape index (κ1) is 13.3. The van der Waals surface area contributed by atoms with Crippen LogP contribution in [0.4, 0.5) is 0 Å². The van der Waals surface area contributed by atoms with Crippen LogP contribution in [0.3, 0.4) is 0 Å². The normalized spacial score (nSPS) is 13.8. The molecule has 3 nitrogen and oxygen atoms in total. The number of ether oxygens (including phenoxy) is 1. The maximum atomic E-state index is 6.25. The fourth-order valence-corrected chi connectivity index (χ4v) is 2.93. The lowest BCUT2D eigenvalue weighted by Crippen LogP contribution is -2.25. The second-order valence-electron chi connectivity index (χ2n) is 5.46. The highest BCUT2D eigenvalue weighted by atomic mass is 32.1. The van der Waals surface area contributed by atoms with Gasteiger partial charge in [-0.25, -0.2) is 4.98 Å². The summed E-state index contributed by atoms with van der Waals surface area (Å²) >= 11 is 1.66. The molecule has 0 fully saturated rings. The molecule has 98 valence electrons. The Morgan fingerprint density at radius 3 is 2.72 bits per heavy atom. The van der Waals surface area contributed by atoms with Gasteiger partial charge in [-0.3, -0.25) is 0 Å². The number of nitrogens with two attached hydrogens (primary N) is 1. The van der Waals surface area contributed by atoms with Gasteiger partial charge in [0, 0.05) is 0 Å². The minimum atomic E-state index is -0.0366. The van der Waals surface area contributed by atoms with E-state index in [4.69, 9.17) is 10.5 Å². The molecule has 0 amide bonds. The maximum Gasteiger partial charge on any atom is 0.120 e. The molecule has 2 N–H and O–H groups in total. The zero-order valence-corrected chi connectivity index (χ0v) is 12.2. The molecule has 1 heterocycles. The van der Waals surface area contributed by atoms with Gasteiger partial charge >= 0.3 is 0 Å². The molecule has 0 spiro atoms. The summed E-state index contributed by atoms with van der Waals surface area (Å²) in [6, 6.07) is 5.95. The molecule has 0 aliphatic carbocycles. The van der Waals surface area contributed by atoms with Crippen molar-refractivity contribution in [2.24, 2.45) is 11.1 Å². The van der Waals surface area contributed by atoms with Crippen molar-refractivity contribution in [2.75, 3.05) is 6.61 Å². The Balaban J connectivity index is 2.38. The summed E-state index contributed by atoms with van der Waals surface area (Å²) in [5.41, 5.74) is 7.27. The van der Waals surface area contributed by atoms with Gasteiger partial charge in [-0.1, -0.05) is 20.8 Å². The number of aromatic nitrogens is 1. The number of thiazole rings is 1. The number of benzene rings is 1. The monoisotopic (exact) mass is 264 g/mol. The van der Waals surface area contributed by atoms with E-state index in [-0.39, 0.29) is 11.5 Å². The van der Waals surface area contributed by atoms with Gasteiger partial charge in [-0.15, -0.1) is 11.3 Å². The average molecular weight is 264 g/mol. The third-order valence-corrected chi connectivity index (χ3v) is 3.99. The van der Waals surface area contributed by atoms with Crippen LogP contribution in [-0.4, -0.2) is 11.6 Å². The third-order valence-electron chi connectivity index (χ3n) is 2.89. The van der Waals surface area contributed by atoms with Crippen LogP contribution in [0.2, 0.25) is 0 Å². The lowest BCUT2D eigenvalue weighted by atomic mass is 9.88. The number of rotatable bonds is 3. The second-order valence-corrected chi connectivity index (χ2v) is 6.52. The number of hydrogen-bond acceptors (Lipinski definition) is 4. The van der Waals surface area contributed by atoms with Crippen LogP contribution < -0.4 is 10.5 Å². The summed E-state index contributed by atoms with van der Waals surface area (Å²) in [5.74, 6) is 0.893. The molecule has 1 aromatic carbocycles. The van der Waals surface area contributed by atoms with Crippen molar-refractivity contribution in [3.8, 4) is 5.75 Å². The molecule has 0 bridgehead atoms. The highest BCUT2D eigenvalue weighted by Crippen LogP contribution is 2.35. The van der Waals surface area contributed by atoms with Crippen LogP contribution in [0.1, 0.15) is 38.7 Å². The van der Waals surface area contributed by atoms with Crippen molar-refractivity contribution in [3.63, 3.8) is 0 Å². The van der Waals surface area contributed by atoms with Crippen molar-refractivity contribution in [1.29, 1.82) is 0 Å². The molecule has 0 saturated carbocycles. The zero-order valence-electron chi connectivity index (χ0n) is 11.4. The Hall–Kier alpha value is -1.13. The highest BCUT2D eigenvalue weighted by molar-refractivity contribution is 7.18. The summed E-state index contributed by atoms with van der Waals surface area (Å²) in [6.45, 7) is 9.07. The van der Waals surface area contributed by atoms with E-state index in [2.05, 4.69) is 25.8 Å². The topological polar surface area (TPSA) is 48.1 Å². The number of nitrogens with zero attached hydrogens (tertiary/aromatic N) is 1. The first-order chi connectivity index (χ1) is 8.41. The van der Waals surface area contributed by atoms with Gasteiger partial charge in [0.15, 0.2) is 0 Å². The summed E-state index contributed by atoms with van der Waals surface area (Å²) in [7, 11) is 0. The van der Waals surface area contributed by atoms with Gasteiger partial charge in [0.2, 0.25) is 0 Å². The van der Waals surface area contributed by atoms with Crippen LogP contribution in [0.15, 0.2) is 18.2 Å². The Bertz CT molecular complexity index is 542. The van der Waals surface area contributed by atoms with Crippen molar-refractivity contribution >= 4 is 21.6 Å². The molecule has 0 radical (unpaired) electrons. The van der Waals surface area contributed by atoms with Crippen LogP contribution in [0.25, 0.3) is 10.2 Å². The van der Waals surface area contributed by atoms with Crippen LogP contribution >= 0.6 is 11.3 Å². The van der Waals surface area contributed by atoms with Gasteiger partial charge in [0.05, 0.1) is 22.9 Å². The molecule has 0 aliphatic rings. The molecule has 4 heteroatoms. The Morgan fingerprint density at radius 1 is 1.39 bits per heavy atom. The predicted octanol–water partition coefficient (Wildman–Crippen LogP) is 3.74. The highest BCUT2D eigenvalue weighted by Gasteiger charge is 2.25. The van der Waals surface area contributed by atoms with Crippen molar-refractivity contribution in [3.05, 3.63) is 23.2 Å². The lowest BCUT2D eigenvalue weighted by Gasteiger charge is -2.24. The summed E-state index contributed by atoms with van der Waals surface area (Å²) in [5, 5.41) is 0.992. The predicted molar refractivity (Wildman–Crippen MR) is 77.2 cm³/mol. The molecule has 2 aromatic rings. The first-order valence-electron chi connectivity index (χ1n) is 6.20. The van der Waals surface area contributed by atoms with Crippen LogP contribution in [0, 0.1) is 5.41 Å². The molecule has 18 heavy (non-hydrogen) atoms. The SMILES string of the molecule is CCOc1ccc2nc(C(N)C(C)(C)C)sc2c1. The molecule has 1 aromatic heterocycles. The van der Waals surface area contributed by atoms with Gasteiger partial charge in [-0.05, 0) is 30.5 Å². The molecule has 1 atom stereocenters. The Kier molecular flexibility index (Phi) is 3.59. The standard InChI is InChI=1S/C14H20N2OS/c1-5-17-9-6-7-10-11(8-9)18-13(16-10)12(15)14(2,3)4/h6-8,12H,5,15H2,1-4H3. The molecule has 0 saturated heterocycles. The maximum absolute atomic E-state index is 6.25. The number of fused-ring (bicyclic) bond motifs is 1. The first-order valence-corrected chi connectivity index (χ1v) is 7.02. The van der Waals surface area contributed by atoms with Crippen molar-refractivity contribution in [1.82, 2.24) is 4.98 Å². The molecule has 0 aliphatic heterocycles. The van der Waals surface area contributed by atoms with E-state index >= 15 is 0 Å². The van der Waals surface area contributed by atoms with Gasteiger partial charge in [0.1, 0.15) is 10.8 Å². The third kappa shape index (κ3) is 2.65. The fourth-order valence-electron chi connectivity index (χ4n) is 1.68. The van der Waals surface area contributed by atoms with E-state index in [9.17, 15) is 0 Å². The average Bonchev–Trinajstić information content (AvgIpc) is 2.70. The van der Waals surface area contributed by atoms with E-state index in [1.807, 2.05) is 25.1 Å². The van der Waals surface area contributed by atoms with Crippen LogP contribution in [-0.2, 0) is 0 Å². The quantitative estimate of drug-likeness (QED) is 0.918. The summed E-state index contributed by atoms with van der Waals surface area (Å²) < 4.78 is 6.63. The Labute approximate surface area is 112 Å². The summed E-state index contributed by atoms with van der Waals surface area (Å²) in [4.78, 5) is 4.62. The fraction of sp³-hybridized carbons (Fsp3) is 0.500. The molecule has 2 rings (SSSR count). The van der Waals surface area contributed by atoms with Crippen LogP contribution in [0.5, 0.6) is 5.75 Å². The lowest BCUT2D eigenvalue weighted by molar-refractivity contribution is 0.326. The molecular weight excluding hydrogens is 244 g/mol. The number of hydrogen-bond donors (Lipinski definition) is 1. The smallest absolute Gasteiger partial charge is 0.120 e. The largest absolute Gasteiger partial charge is 0.494 e. The Morgan fingerprint density at radius 2 is 2.11 bits per heavy atom. The van der Waals surface area contributed by atoms with Gasteiger partial charge in [-0.2, -0.15) is 0 Å². The van der Waals surface area contributed by atoms with E-state index < -0.39 is 0 Å². The molecular formula is C14H20N2OS. The van der Waals surface area contributed by atoms with E-state index in [0.717, 1.165) is 21.0 Å². The van der Waals surface area contributed by atoms with E-state index in [0.29, 0.717) is 6.61 Å². The van der Waals surface area contributed by atoms with Crippen molar-refractivity contribution in [2.45, 2.75) is 33.7 Å². The van der Waals surface area contributed by atoms with E-state index in [1.54, 1.807) is 11.3 Å². The minimum Gasteiger partial charge on any atom is -0.494 e. The second kappa shape index (κ2) is 4.86.